The van der Waals surface area contributed by atoms with Gasteiger partial charge in [-0.25, -0.2) is 0 Å². The molecule has 1 rings (SSSR count). The molecule has 0 bridgehead atoms. The lowest BCUT2D eigenvalue weighted by Gasteiger charge is -2.16. The van der Waals surface area contributed by atoms with E-state index in [9.17, 15) is 4.79 Å². The molecule has 5 nitrogen and oxygen atoms in total. The fourth-order valence-electron chi connectivity index (χ4n) is 1.63. The molecule has 0 saturated heterocycles. The van der Waals surface area contributed by atoms with E-state index in [4.69, 9.17) is 17.0 Å². The van der Waals surface area contributed by atoms with Crippen molar-refractivity contribution in [2.24, 2.45) is 0 Å². The number of anilines is 1. The van der Waals surface area contributed by atoms with Crippen molar-refractivity contribution in [3.63, 3.8) is 0 Å². The highest BCUT2D eigenvalue weighted by Gasteiger charge is 2.12. The predicted molar refractivity (Wildman–Crippen MR) is 89.7 cm³/mol. The van der Waals surface area contributed by atoms with Crippen LogP contribution < -0.4 is 20.7 Å². The largest absolute Gasteiger partial charge is 0.494 e. The molecule has 0 aliphatic heterocycles. The van der Waals surface area contributed by atoms with Crippen molar-refractivity contribution < 1.29 is 9.53 Å². The molecule has 0 fully saturated rings. The van der Waals surface area contributed by atoms with Crippen LogP contribution in [-0.2, 0) is 4.79 Å². The molecule has 3 N–H and O–H groups in total. The zero-order valence-electron chi connectivity index (χ0n) is 12.7. The van der Waals surface area contributed by atoms with E-state index < -0.39 is 0 Å². The molecule has 1 aromatic carbocycles. The number of thiocarbonyl (C=S) groups is 1. The number of carbonyl (C=O) groups excluding carboxylic acids is 1. The van der Waals surface area contributed by atoms with E-state index in [1.54, 1.807) is 6.92 Å². The topological polar surface area (TPSA) is 62.4 Å². The van der Waals surface area contributed by atoms with E-state index in [1.165, 1.54) is 0 Å². The third kappa shape index (κ3) is 6.44. The summed E-state index contributed by atoms with van der Waals surface area (Å²) in [5.74, 6) is 0.752. The fraction of sp³-hybridized carbons (Fsp3) is 0.467. The van der Waals surface area contributed by atoms with E-state index in [1.807, 2.05) is 38.1 Å². The van der Waals surface area contributed by atoms with Gasteiger partial charge in [-0.15, -0.1) is 0 Å². The first kappa shape index (κ1) is 17.2. The Kier molecular flexibility index (Phi) is 7.53. The van der Waals surface area contributed by atoms with Crippen LogP contribution in [0.5, 0.6) is 5.75 Å². The minimum Gasteiger partial charge on any atom is -0.494 e. The maximum Gasteiger partial charge on any atom is 0.242 e. The monoisotopic (exact) mass is 309 g/mol. The minimum absolute atomic E-state index is 0.0623. The van der Waals surface area contributed by atoms with Gasteiger partial charge in [-0.1, -0.05) is 6.92 Å². The lowest BCUT2D eigenvalue weighted by Crippen LogP contribution is -2.46. The highest BCUT2D eigenvalue weighted by atomic mass is 32.1. The van der Waals surface area contributed by atoms with Crippen molar-refractivity contribution in [2.75, 3.05) is 18.5 Å². The standard InChI is InChI=1S/C15H23N3O2S/c1-4-10-16-14(19)11(3)17-15(21)18-12-6-8-13(9-7-12)20-5-2/h6-9,11H,4-5,10H2,1-3H3,(H,16,19)(H2,17,18,21)/t11-/m0/s1. The lowest BCUT2D eigenvalue weighted by atomic mass is 10.3. The maximum atomic E-state index is 11.7. The van der Waals surface area contributed by atoms with Crippen LogP contribution in [-0.4, -0.2) is 30.2 Å². The van der Waals surface area contributed by atoms with Crippen LogP contribution in [0.25, 0.3) is 0 Å². The van der Waals surface area contributed by atoms with Crippen LogP contribution in [0, 0.1) is 0 Å². The Labute approximate surface area is 131 Å². The molecule has 0 radical (unpaired) electrons. The number of ether oxygens (including phenoxy) is 1. The molecule has 0 aromatic heterocycles. The average Bonchev–Trinajstić information content (AvgIpc) is 2.46. The van der Waals surface area contributed by atoms with Crippen LogP contribution in [0.4, 0.5) is 5.69 Å². The molecular weight excluding hydrogens is 286 g/mol. The zero-order chi connectivity index (χ0) is 15.7. The van der Waals surface area contributed by atoms with Gasteiger partial charge in [0, 0.05) is 12.2 Å². The number of hydrogen-bond donors (Lipinski definition) is 3. The summed E-state index contributed by atoms with van der Waals surface area (Å²) in [4.78, 5) is 11.7. The number of amides is 1. The number of rotatable bonds is 7. The highest BCUT2D eigenvalue weighted by molar-refractivity contribution is 7.80. The maximum absolute atomic E-state index is 11.7. The Morgan fingerprint density at radius 1 is 1.29 bits per heavy atom. The van der Waals surface area contributed by atoms with Crippen molar-refractivity contribution in [1.82, 2.24) is 10.6 Å². The van der Waals surface area contributed by atoms with Gasteiger partial charge >= 0.3 is 0 Å². The zero-order valence-corrected chi connectivity index (χ0v) is 13.5. The van der Waals surface area contributed by atoms with E-state index >= 15 is 0 Å². The van der Waals surface area contributed by atoms with Gasteiger partial charge < -0.3 is 20.7 Å². The van der Waals surface area contributed by atoms with Gasteiger partial charge in [0.2, 0.25) is 5.91 Å². The summed E-state index contributed by atoms with van der Waals surface area (Å²) < 4.78 is 5.37. The second-order valence-corrected chi connectivity index (χ2v) is 4.98. The average molecular weight is 309 g/mol. The summed E-state index contributed by atoms with van der Waals surface area (Å²) in [6.45, 7) is 7.03. The second kappa shape index (κ2) is 9.18. The molecule has 0 unspecified atom stereocenters. The molecule has 21 heavy (non-hydrogen) atoms. The summed E-state index contributed by atoms with van der Waals surface area (Å²) in [5, 5.41) is 9.22. The molecule has 1 amide bonds. The molecule has 0 saturated carbocycles. The third-order valence-electron chi connectivity index (χ3n) is 2.71. The van der Waals surface area contributed by atoms with Gasteiger partial charge in [0.15, 0.2) is 5.11 Å². The van der Waals surface area contributed by atoms with Gasteiger partial charge in [0.1, 0.15) is 11.8 Å². The van der Waals surface area contributed by atoms with Crippen molar-refractivity contribution in [3.05, 3.63) is 24.3 Å². The first-order valence-corrected chi connectivity index (χ1v) is 7.55. The Morgan fingerprint density at radius 3 is 2.52 bits per heavy atom. The first-order chi connectivity index (χ1) is 10.1. The van der Waals surface area contributed by atoms with Crippen LogP contribution >= 0.6 is 12.2 Å². The minimum atomic E-state index is -0.376. The van der Waals surface area contributed by atoms with Crippen molar-refractivity contribution in [3.8, 4) is 5.75 Å². The number of carbonyl (C=O) groups is 1. The SMILES string of the molecule is CCCNC(=O)[C@H](C)NC(=S)Nc1ccc(OCC)cc1. The third-order valence-corrected chi connectivity index (χ3v) is 2.93. The van der Waals surface area contributed by atoms with Gasteiger partial charge in [0.25, 0.3) is 0 Å². The molecule has 0 heterocycles. The summed E-state index contributed by atoms with van der Waals surface area (Å²) in [7, 11) is 0. The molecule has 6 heteroatoms. The van der Waals surface area contributed by atoms with E-state index in [2.05, 4.69) is 16.0 Å². The van der Waals surface area contributed by atoms with Gasteiger partial charge in [0.05, 0.1) is 6.61 Å². The summed E-state index contributed by atoms with van der Waals surface area (Å²) in [6.07, 6.45) is 0.910. The summed E-state index contributed by atoms with van der Waals surface area (Å²) >= 11 is 5.19. The summed E-state index contributed by atoms with van der Waals surface area (Å²) in [5.41, 5.74) is 0.845. The first-order valence-electron chi connectivity index (χ1n) is 7.14. The smallest absolute Gasteiger partial charge is 0.242 e. The van der Waals surface area contributed by atoms with E-state index in [-0.39, 0.29) is 11.9 Å². The van der Waals surface area contributed by atoms with E-state index in [0.717, 1.165) is 17.9 Å². The number of nitrogens with one attached hydrogen (secondary N) is 3. The molecule has 0 aliphatic carbocycles. The number of benzene rings is 1. The van der Waals surface area contributed by atoms with Crippen molar-refractivity contribution in [2.45, 2.75) is 33.2 Å². The van der Waals surface area contributed by atoms with Gasteiger partial charge in [-0.2, -0.15) is 0 Å². The second-order valence-electron chi connectivity index (χ2n) is 4.57. The molecule has 0 aliphatic rings. The van der Waals surface area contributed by atoms with Crippen LogP contribution in [0.1, 0.15) is 27.2 Å². The predicted octanol–water partition coefficient (Wildman–Crippen LogP) is 2.29. The van der Waals surface area contributed by atoms with Gasteiger partial charge in [-0.3, -0.25) is 4.79 Å². The summed E-state index contributed by atoms with van der Waals surface area (Å²) in [6, 6.07) is 7.11. The lowest BCUT2D eigenvalue weighted by molar-refractivity contribution is -0.122. The van der Waals surface area contributed by atoms with E-state index in [0.29, 0.717) is 18.3 Å². The van der Waals surface area contributed by atoms with Crippen molar-refractivity contribution in [1.29, 1.82) is 0 Å². The highest BCUT2D eigenvalue weighted by Crippen LogP contribution is 2.15. The molecule has 116 valence electrons. The Bertz CT molecular complexity index is 462. The van der Waals surface area contributed by atoms with Crippen molar-refractivity contribution >= 4 is 28.9 Å². The van der Waals surface area contributed by atoms with Crippen LogP contribution in [0.15, 0.2) is 24.3 Å². The fourth-order valence-corrected chi connectivity index (χ4v) is 1.93. The Balaban J connectivity index is 2.43. The number of hydrogen-bond acceptors (Lipinski definition) is 3. The molecule has 1 aromatic rings. The van der Waals surface area contributed by atoms with Crippen LogP contribution in [0.2, 0.25) is 0 Å². The van der Waals surface area contributed by atoms with Gasteiger partial charge in [-0.05, 0) is 56.8 Å². The van der Waals surface area contributed by atoms with Crippen LogP contribution in [0.3, 0.4) is 0 Å². The molecular formula is C15H23N3O2S. The molecule has 1 atom stereocenters. The molecule has 0 spiro atoms. The quantitative estimate of drug-likeness (QED) is 0.675. The normalized spacial score (nSPS) is 11.4. The Morgan fingerprint density at radius 2 is 1.95 bits per heavy atom. The Hall–Kier alpha value is -1.82.